The summed E-state index contributed by atoms with van der Waals surface area (Å²) in [7, 11) is 0. The summed E-state index contributed by atoms with van der Waals surface area (Å²) in [5, 5.41) is 0. The lowest BCUT2D eigenvalue weighted by Gasteiger charge is -2.18. The summed E-state index contributed by atoms with van der Waals surface area (Å²) in [6.07, 6.45) is 83.7. The maximum absolute atomic E-state index is 12.9. The molecule has 0 radical (unpaired) electrons. The minimum atomic E-state index is -0.786. The minimum Gasteiger partial charge on any atom is -0.462 e. The Morgan fingerprint density at radius 2 is 0.527 bits per heavy atom. The van der Waals surface area contributed by atoms with E-state index in [1.165, 1.54) is 122 Å². The number of carbonyl (C=O) groups is 3. The number of esters is 3. The zero-order valence-electron chi connectivity index (χ0n) is 48.3. The smallest absolute Gasteiger partial charge is 0.306 e. The number of hydrogen-bond donors (Lipinski definition) is 0. The number of hydrogen-bond acceptors (Lipinski definition) is 6. The van der Waals surface area contributed by atoms with Gasteiger partial charge in [-0.05, 0) is 103 Å². The van der Waals surface area contributed by atoms with Gasteiger partial charge in [-0.25, -0.2) is 0 Å². The molecule has 0 heterocycles. The first kappa shape index (κ1) is 70.1. The van der Waals surface area contributed by atoms with Gasteiger partial charge in [-0.1, -0.05) is 271 Å². The summed E-state index contributed by atoms with van der Waals surface area (Å²) in [5.41, 5.74) is 0. The highest BCUT2D eigenvalue weighted by Gasteiger charge is 2.19. The highest BCUT2D eigenvalue weighted by Crippen LogP contribution is 2.16. The normalized spacial score (nSPS) is 12.9. The highest BCUT2D eigenvalue weighted by atomic mass is 16.6. The van der Waals surface area contributed by atoms with E-state index in [1.807, 2.05) is 0 Å². The molecule has 0 aromatic rings. The van der Waals surface area contributed by atoms with E-state index in [4.69, 9.17) is 14.2 Å². The lowest BCUT2D eigenvalue weighted by atomic mass is 10.0. The van der Waals surface area contributed by atoms with Gasteiger partial charge in [0.15, 0.2) is 6.10 Å². The Hall–Kier alpha value is -3.93. The van der Waals surface area contributed by atoms with Crippen molar-refractivity contribution in [3.05, 3.63) is 109 Å². The predicted octanol–water partition coefficient (Wildman–Crippen LogP) is 21.0. The van der Waals surface area contributed by atoms with Crippen LogP contribution in [0, 0.1) is 0 Å². The highest BCUT2D eigenvalue weighted by molar-refractivity contribution is 5.71. The molecule has 0 aliphatic carbocycles. The molecule has 6 heteroatoms. The molecule has 0 rings (SSSR count). The zero-order valence-corrected chi connectivity index (χ0v) is 48.3. The van der Waals surface area contributed by atoms with Crippen LogP contribution >= 0.6 is 0 Å². The van der Waals surface area contributed by atoms with Gasteiger partial charge in [0.25, 0.3) is 0 Å². The van der Waals surface area contributed by atoms with Crippen molar-refractivity contribution < 1.29 is 28.6 Å². The Kier molecular flexibility index (Phi) is 58.3. The first-order valence-corrected chi connectivity index (χ1v) is 30.9. The first-order valence-electron chi connectivity index (χ1n) is 30.9. The van der Waals surface area contributed by atoms with Crippen LogP contribution in [0.15, 0.2) is 109 Å². The van der Waals surface area contributed by atoms with Gasteiger partial charge in [0, 0.05) is 19.3 Å². The van der Waals surface area contributed by atoms with E-state index >= 15 is 0 Å². The standard InChI is InChI=1S/C68H114O6/c1-4-7-10-13-16-19-22-24-26-28-30-32-34-36-38-40-42-44-46-49-52-55-58-61-67(70)73-64-65(63-72-66(69)60-57-54-51-48-21-18-15-12-9-6-3)74-68(71)62-59-56-53-50-47-45-43-41-39-37-35-33-31-29-27-25-23-20-17-14-11-8-5-2/h7-8,10-11,16-17,19-20,24-27,30-33,36,38,65H,4-6,9,12-15,18,21-23,28-29,34-35,37,39-64H2,1-3H3/b10-7-,11-8-,19-16-,20-17-,26-24-,27-25-,32-30-,33-31-,38-36-. The van der Waals surface area contributed by atoms with E-state index in [-0.39, 0.29) is 31.1 Å². The number of unbranched alkanes of at least 4 members (excludes halogenated alkanes) is 26. The Morgan fingerprint density at radius 1 is 0.284 bits per heavy atom. The van der Waals surface area contributed by atoms with Crippen LogP contribution in [0.2, 0.25) is 0 Å². The van der Waals surface area contributed by atoms with E-state index in [9.17, 15) is 14.4 Å². The van der Waals surface area contributed by atoms with Gasteiger partial charge in [0.05, 0.1) is 0 Å². The van der Waals surface area contributed by atoms with Crippen LogP contribution in [0.1, 0.15) is 284 Å². The molecule has 0 bridgehead atoms. The van der Waals surface area contributed by atoms with Crippen molar-refractivity contribution in [3.8, 4) is 0 Å². The molecular formula is C68H114O6. The number of allylic oxidation sites excluding steroid dienone is 18. The molecule has 0 amide bonds. The van der Waals surface area contributed by atoms with Crippen molar-refractivity contribution in [2.75, 3.05) is 13.2 Å². The molecule has 6 nitrogen and oxygen atoms in total. The van der Waals surface area contributed by atoms with Crippen molar-refractivity contribution in [3.63, 3.8) is 0 Å². The van der Waals surface area contributed by atoms with Gasteiger partial charge in [-0.3, -0.25) is 14.4 Å². The fourth-order valence-electron chi connectivity index (χ4n) is 8.46. The van der Waals surface area contributed by atoms with E-state index in [0.29, 0.717) is 19.3 Å². The SMILES string of the molecule is CC/C=C\C/C=C\C/C=C\C/C=C\C/C=C\CCCCCCCCCC(=O)OCC(COC(=O)CCCCCCCCCCCC)OC(=O)CCCCCCCCCCCC/C=C\C/C=C\C/C=C\C/C=C\CC. The van der Waals surface area contributed by atoms with Gasteiger partial charge in [0.2, 0.25) is 0 Å². The molecule has 1 atom stereocenters. The fourth-order valence-corrected chi connectivity index (χ4v) is 8.46. The molecule has 0 spiro atoms. The van der Waals surface area contributed by atoms with Gasteiger partial charge < -0.3 is 14.2 Å². The fraction of sp³-hybridized carbons (Fsp3) is 0.691. The first-order chi connectivity index (χ1) is 36.5. The maximum atomic E-state index is 12.9. The van der Waals surface area contributed by atoms with Gasteiger partial charge in [-0.2, -0.15) is 0 Å². The lowest BCUT2D eigenvalue weighted by Crippen LogP contribution is -2.30. The third kappa shape index (κ3) is 59.0. The summed E-state index contributed by atoms with van der Waals surface area (Å²) in [5.74, 6) is -0.894. The van der Waals surface area contributed by atoms with Gasteiger partial charge in [-0.15, -0.1) is 0 Å². The molecule has 0 aromatic heterocycles. The van der Waals surface area contributed by atoms with Crippen molar-refractivity contribution >= 4 is 17.9 Å². The summed E-state index contributed by atoms with van der Waals surface area (Å²) >= 11 is 0. The Bertz CT molecular complexity index is 1510. The van der Waals surface area contributed by atoms with E-state index < -0.39 is 6.10 Å². The van der Waals surface area contributed by atoms with Crippen molar-refractivity contribution in [1.29, 1.82) is 0 Å². The Labute approximate surface area is 457 Å². The van der Waals surface area contributed by atoms with Crippen LogP contribution in [0.25, 0.3) is 0 Å². The summed E-state index contributed by atoms with van der Waals surface area (Å²) < 4.78 is 16.9. The van der Waals surface area contributed by atoms with Crippen LogP contribution in [0.3, 0.4) is 0 Å². The lowest BCUT2D eigenvalue weighted by molar-refractivity contribution is -0.167. The van der Waals surface area contributed by atoms with Crippen molar-refractivity contribution in [2.45, 2.75) is 290 Å². The monoisotopic (exact) mass is 1030 g/mol. The van der Waals surface area contributed by atoms with E-state index in [0.717, 1.165) is 122 Å². The van der Waals surface area contributed by atoms with Crippen molar-refractivity contribution in [2.24, 2.45) is 0 Å². The minimum absolute atomic E-state index is 0.0822. The van der Waals surface area contributed by atoms with E-state index in [1.54, 1.807) is 0 Å². The molecule has 0 aliphatic heterocycles. The maximum Gasteiger partial charge on any atom is 0.306 e. The zero-order chi connectivity index (χ0) is 53.6. The molecule has 0 saturated carbocycles. The van der Waals surface area contributed by atoms with Crippen LogP contribution in [-0.2, 0) is 28.6 Å². The second-order valence-corrected chi connectivity index (χ2v) is 20.2. The average Bonchev–Trinajstić information content (AvgIpc) is 3.40. The largest absolute Gasteiger partial charge is 0.462 e. The van der Waals surface area contributed by atoms with Gasteiger partial charge >= 0.3 is 17.9 Å². The molecule has 0 saturated heterocycles. The molecule has 1 unspecified atom stereocenters. The summed E-state index contributed by atoms with van der Waals surface area (Å²) in [6, 6.07) is 0. The van der Waals surface area contributed by atoms with Gasteiger partial charge in [0.1, 0.15) is 13.2 Å². The van der Waals surface area contributed by atoms with Crippen LogP contribution < -0.4 is 0 Å². The number of ether oxygens (including phenoxy) is 3. The molecule has 74 heavy (non-hydrogen) atoms. The molecule has 0 fully saturated rings. The quantitative estimate of drug-likeness (QED) is 0.0261. The number of rotatable bonds is 55. The van der Waals surface area contributed by atoms with Crippen LogP contribution in [-0.4, -0.2) is 37.2 Å². The Morgan fingerprint density at radius 3 is 0.824 bits per heavy atom. The van der Waals surface area contributed by atoms with E-state index in [2.05, 4.69) is 130 Å². The van der Waals surface area contributed by atoms with Crippen LogP contribution in [0.4, 0.5) is 0 Å². The second kappa shape index (κ2) is 61.6. The molecule has 0 aliphatic rings. The average molecular weight is 1030 g/mol. The predicted molar refractivity (Wildman–Crippen MR) is 320 cm³/mol. The topological polar surface area (TPSA) is 78.9 Å². The molecule has 0 aromatic carbocycles. The summed E-state index contributed by atoms with van der Waals surface area (Å²) in [4.78, 5) is 38.2. The Balaban J connectivity index is 4.31. The molecule has 0 N–H and O–H groups in total. The third-order valence-corrected chi connectivity index (χ3v) is 13.0. The summed E-state index contributed by atoms with van der Waals surface area (Å²) in [6.45, 7) is 6.40. The van der Waals surface area contributed by atoms with Crippen LogP contribution in [0.5, 0.6) is 0 Å². The second-order valence-electron chi connectivity index (χ2n) is 20.2. The third-order valence-electron chi connectivity index (χ3n) is 13.0. The molecule has 422 valence electrons. The van der Waals surface area contributed by atoms with Crippen molar-refractivity contribution in [1.82, 2.24) is 0 Å². The number of carbonyl (C=O) groups excluding carboxylic acids is 3. The molecular weight excluding hydrogens is 913 g/mol.